The van der Waals surface area contributed by atoms with Gasteiger partial charge in [0.2, 0.25) is 5.91 Å². The lowest BCUT2D eigenvalue weighted by Crippen LogP contribution is -2.52. The first-order valence-electron chi connectivity index (χ1n) is 6.69. The van der Waals surface area contributed by atoms with Crippen molar-refractivity contribution in [2.75, 3.05) is 26.9 Å². The zero-order valence-electron chi connectivity index (χ0n) is 11.3. The molecule has 1 saturated carbocycles. The van der Waals surface area contributed by atoms with Gasteiger partial charge in [0.05, 0.1) is 12.0 Å². The number of ether oxygens (including phenoxy) is 2. The Labute approximate surface area is 108 Å². The van der Waals surface area contributed by atoms with Gasteiger partial charge in [-0.3, -0.25) is 4.79 Å². The van der Waals surface area contributed by atoms with Gasteiger partial charge in [-0.25, -0.2) is 0 Å². The van der Waals surface area contributed by atoms with Crippen LogP contribution in [0.2, 0.25) is 0 Å². The summed E-state index contributed by atoms with van der Waals surface area (Å²) in [5, 5.41) is 3.01. The van der Waals surface area contributed by atoms with E-state index in [-0.39, 0.29) is 17.6 Å². The molecule has 1 aliphatic heterocycles. The molecule has 3 N–H and O–H groups in total. The molecule has 0 aromatic heterocycles. The van der Waals surface area contributed by atoms with E-state index in [2.05, 4.69) is 5.32 Å². The molecule has 2 aliphatic rings. The molecule has 18 heavy (non-hydrogen) atoms. The molecular formula is C13H24N2O3. The number of hydrogen-bond acceptors (Lipinski definition) is 4. The van der Waals surface area contributed by atoms with Gasteiger partial charge in [-0.2, -0.15) is 0 Å². The Kier molecular flexibility index (Phi) is 3.94. The maximum Gasteiger partial charge on any atom is 0.227 e. The minimum atomic E-state index is -0.422. The highest BCUT2D eigenvalue weighted by molar-refractivity contribution is 5.83. The van der Waals surface area contributed by atoms with Gasteiger partial charge in [0, 0.05) is 32.7 Å². The van der Waals surface area contributed by atoms with Gasteiger partial charge in [0.15, 0.2) is 0 Å². The second-order valence-corrected chi connectivity index (χ2v) is 5.79. The number of amides is 1. The minimum absolute atomic E-state index is 0.0316. The van der Waals surface area contributed by atoms with Crippen LogP contribution >= 0.6 is 0 Å². The molecule has 5 heteroatoms. The summed E-state index contributed by atoms with van der Waals surface area (Å²) >= 11 is 0. The molecule has 0 radical (unpaired) electrons. The molecule has 0 bridgehead atoms. The van der Waals surface area contributed by atoms with Crippen LogP contribution in [0.5, 0.6) is 0 Å². The fourth-order valence-corrected chi connectivity index (χ4v) is 2.88. The summed E-state index contributed by atoms with van der Waals surface area (Å²) < 4.78 is 10.9. The monoisotopic (exact) mass is 256 g/mol. The Morgan fingerprint density at radius 3 is 2.83 bits per heavy atom. The van der Waals surface area contributed by atoms with E-state index in [0.717, 1.165) is 25.7 Å². The highest BCUT2D eigenvalue weighted by Crippen LogP contribution is 2.37. The molecule has 0 aromatic carbocycles. The number of carbonyl (C=O) groups excluding carboxylic acids is 1. The number of hydrogen-bond donors (Lipinski definition) is 2. The molecule has 5 nitrogen and oxygen atoms in total. The number of rotatable bonds is 4. The normalized spacial score (nSPS) is 40.1. The topological polar surface area (TPSA) is 73.6 Å². The average Bonchev–Trinajstić information content (AvgIpc) is 2.96. The van der Waals surface area contributed by atoms with Crippen LogP contribution in [-0.4, -0.2) is 44.4 Å². The third-order valence-corrected chi connectivity index (χ3v) is 4.62. The molecule has 3 atom stereocenters. The van der Waals surface area contributed by atoms with Crippen LogP contribution in [0.25, 0.3) is 0 Å². The second kappa shape index (κ2) is 5.15. The third kappa shape index (κ3) is 2.39. The van der Waals surface area contributed by atoms with Crippen LogP contribution in [0.4, 0.5) is 0 Å². The average molecular weight is 256 g/mol. The summed E-state index contributed by atoms with van der Waals surface area (Å²) in [5.41, 5.74) is 5.27. The summed E-state index contributed by atoms with van der Waals surface area (Å²) in [5.74, 6) is 0.0517. The Hall–Kier alpha value is -0.650. The zero-order valence-corrected chi connectivity index (χ0v) is 11.3. The summed E-state index contributed by atoms with van der Waals surface area (Å²) in [6.07, 6.45) is 3.66. The van der Waals surface area contributed by atoms with Crippen LogP contribution in [0.1, 0.15) is 32.6 Å². The molecule has 1 aliphatic carbocycles. The predicted molar refractivity (Wildman–Crippen MR) is 68.1 cm³/mol. The summed E-state index contributed by atoms with van der Waals surface area (Å²) in [6, 6.07) is -0.0316. The van der Waals surface area contributed by atoms with Gasteiger partial charge in [-0.05, 0) is 19.8 Å². The van der Waals surface area contributed by atoms with E-state index >= 15 is 0 Å². The number of nitrogens with two attached hydrogens (primary N) is 1. The zero-order chi connectivity index (χ0) is 13.2. The molecular weight excluding hydrogens is 232 g/mol. The van der Waals surface area contributed by atoms with Crippen molar-refractivity contribution in [3.8, 4) is 0 Å². The molecule has 104 valence electrons. The van der Waals surface area contributed by atoms with Crippen molar-refractivity contribution in [1.82, 2.24) is 5.32 Å². The number of carbonyl (C=O) groups is 1. The molecule has 3 unspecified atom stereocenters. The Bertz CT molecular complexity index is 315. The Morgan fingerprint density at radius 2 is 2.33 bits per heavy atom. The third-order valence-electron chi connectivity index (χ3n) is 4.62. The second-order valence-electron chi connectivity index (χ2n) is 5.79. The van der Waals surface area contributed by atoms with E-state index in [9.17, 15) is 4.79 Å². The van der Waals surface area contributed by atoms with Crippen LogP contribution in [0.15, 0.2) is 0 Å². The van der Waals surface area contributed by atoms with Crippen molar-refractivity contribution in [3.63, 3.8) is 0 Å². The molecule has 2 fully saturated rings. The fourth-order valence-electron chi connectivity index (χ4n) is 2.88. The molecule has 1 saturated heterocycles. The van der Waals surface area contributed by atoms with Crippen molar-refractivity contribution in [3.05, 3.63) is 0 Å². The van der Waals surface area contributed by atoms with Crippen molar-refractivity contribution >= 4 is 5.91 Å². The first kappa shape index (κ1) is 13.8. The molecule has 1 heterocycles. The van der Waals surface area contributed by atoms with Crippen LogP contribution in [0, 0.1) is 5.41 Å². The van der Waals surface area contributed by atoms with E-state index < -0.39 is 5.41 Å². The van der Waals surface area contributed by atoms with E-state index in [1.54, 1.807) is 7.11 Å². The van der Waals surface area contributed by atoms with Crippen molar-refractivity contribution in [1.29, 1.82) is 0 Å². The summed E-state index contributed by atoms with van der Waals surface area (Å²) in [7, 11) is 1.67. The van der Waals surface area contributed by atoms with E-state index in [1.807, 2.05) is 6.92 Å². The van der Waals surface area contributed by atoms with Gasteiger partial charge >= 0.3 is 0 Å². The molecule has 2 rings (SSSR count). The van der Waals surface area contributed by atoms with Crippen molar-refractivity contribution in [2.45, 2.75) is 44.2 Å². The lowest BCUT2D eigenvalue weighted by atomic mass is 9.84. The van der Waals surface area contributed by atoms with E-state index in [0.29, 0.717) is 19.8 Å². The highest BCUT2D eigenvalue weighted by Gasteiger charge is 2.44. The van der Waals surface area contributed by atoms with E-state index in [4.69, 9.17) is 15.2 Å². The van der Waals surface area contributed by atoms with Crippen molar-refractivity contribution < 1.29 is 14.3 Å². The standard InChI is InChI=1S/C13H24N2O3/c1-12(5-3-4-10(12)14)11(16)15-8-13(17-2)6-7-18-9-13/h10H,3-9,14H2,1-2H3,(H,15,16). The SMILES string of the molecule is COC1(CNC(=O)C2(C)CCCC2N)CCOC1. The van der Waals surface area contributed by atoms with Crippen LogP contribution in [0.3, 0.4) is 0 Å². The van der Waals surface area contributed by atoms with Gasteiger partial charge in [-0.1, -0.05) is 6.42 Å². The Morgan fingerprint density at radius 1 is 1.56 bits per heavy atom. The maximum atomic E-state index is 12.3. The number of nitrogens with one attached hydrogen (secondary N) is 1. The Balaban J connectivity index is 1.91. The quantitative estimate of drug-likeness (QED) is 0.765. The van der Waals surface area contributed by atoms with Crippen LogP contribution in [-0.2, 0) is 14.3 Å². The van der Waals surface area contributed by atoms with Gasteiger partial charge < -0.3 is 20.5 Å². The van der Waals surface area contributed by atoms with Gasteiger partial charge in [-0.15, -0.1) is 0 Å². The smallest absolute Gasteiger partial charge is 0.227 e. The van der Waals surface area contributed by atoms with Gasteiger partial charge in [0.25, 0.3) is 0 Å². The lowest BCUT2D eigenvalue weighted by molar-refractivity contribution is -0.132. The minimum Gasteiger partial charge on any atom is -0.378 e. The fraction of sp³-hybridized carbons (Fsp3) is 0.923. The van der Waals surface area contributed by atoms with E-state index in [1.165, 1.54) is 0 Å². The molecule has 1 amide bonds. The lowest BCUT2D eigenvalue weighted by Gasteiger charge is -2.31. The highest BCUT2D eigenvalue weighted by atomic mass is 16.5. The molecule has 0 aromatic rings. The predicted octanol–water partition coefficient (Wildman–Crippen LogP) is 0.426. The largest absolute Gasteiger partial charge is 0.378 e. The summed E-state index contributed by atoms with van der Waals surface area (Å²) in [6.45, 7) is 3.71. The first-order valence-corrected chi connectivity index (χ1v) is 6.69. The number of methoxy groups -OCH3 is 1. The van der Waals surface area contributed by atoms with Gasteiger partial charge in [0.1, 0.15) is 5.60 Å². The van der Waals surface area contributed by atoms with Crippen molar-refractivity contribution in [2.24, 2.45) is 11.1 Å². The molecule has 0 spiro atoms. The summed E-state index contributed by atoms with van der Waals surface area (Å²) in [4.78, 5) is 12.3. The maximum absolute atomic E-state index is 12.3. The first-order chi connectivity index (χ1) is 8.52. The van der Waals surface area contributed by atoms with Crippen LogP contribution < -0.4 is 11.1 Å².